The number of methoxy groups -OCH3 is 1. The maximum Gasteiger partial charge on any atom is 0.191 e. The summed E-state index contributed by atoms with van der Waals surface area (Å²) in [6.45, 7) is 4.80. The number of benzene rings is 1. The quantitative estimate of drug-likeness (QED) is 0.296. The molecule has 0 radical (unpaired) electrons. The van der Waals surface area contributed by atoms with Crippen LogP contribution >= 0.6 is 24.0 Å². The molecule has 0 spiro atoms. The van der Waals surface area contributed by atoms with Crippen molar-refractivity contribution in [2.24, 2.45) is 4.99 Å². The minimum absolute atomic E-state index is 0. The van der Waals surface area contributed by atoms with Gasteiger partial charge in [-0.05, 0) is 38.5 Å². The zero-order valence-electron chi connectivity index (χ0n) is 15.1. The van der Waals surface area contributed by atoms with Crippen molar-refractivity contribution in [3.8, 4) is 11.5 Å². The Morgan fingerprint density at radius 2 is 2.08 bits per heavy atom. The maximum atomic E-state index is 11.2. The van der Waals surface area contributed by atoms with Crippen LogP contribution in [0.5, 0.6) is 11.5 Å². The molecule has 1 aromatic carbocycles. The number of phenols is 1. The van der Waals surface area contributed by atoms with Gasteiger partial charge in [-0.25, -0.2) is 13.4 Å². The third-order valence-corrected chi connectivity index (χ3v) is 4.32. The number of nitrogens with one attached hydrogen (secondary N) is 2. The highest BCUT2D eigenvalue weighted by molar-refractivity contribution is 14.0. The number of guanidine groups is 1. The molecule has 0 amide bonds. The summed E-state index contributed by atoms with van der Waals surface area (Å²) < 4.78 is 27.6. The Morgan fingerprint density at radius 3 is 2.64 bits per heavy atom. The molecule has 0 aliphatic heterocycles. The second kappa shape index (κ2) is 11.4. The standard InChI is InChI=1S/C16H27N3O4S.HI/c1-5-17-16(19-12(2)8-9-24(4,21)22)18-11-13-10-14(23-3)6-7-15(13)20;/h6-7,10,12,20H,5,8-9,11H2,1-4H3,(H2,17,18,19);1H. The van der Waals surface area contributed by atoms with E-state index < -0.39 is 9.84 Å². The highest BCUT2D eigenvalue weighted by atomic mass is 127. The van der Waals surface area contributed by atoms with Gasteiger partial charge in [0.25, 0.3) is 0 Å². The Hall–Kier alpha value is -1.23. The first kappa shape index (κ1) is 23.8. The zero-order valence-corrected chi connectivity index (χ0v) is 18.2. The fourth-order valence-electron chi connectivity index (χ4n) is 2.00. The van der Waals surface area contributed by atoms with Gasteiger partial charge >= 0.3 is 0 Å². The first-order valence-corrected chi connectivity index (χ1v) is 9.89. The van der Waals surface area contributed by atoms with E-state index in [-0.39, 0.29) is 48.1 Å². The molecule has 0 heterocycles. The van der Waals surface area contributed by atoms with E-state index in [9.17, 15) is 13.5 Å². The van der Waals surface area contributed by atoms with Gasteiger partial charge in [0.1, 0.15) is 21.3 Å². The third kappa shape index (κ3) is 9.73. The van der Waals surface area contributed by atoms with Crippen LogP contribution in [0.3, 0.4) is 0 Å². The van der Waals surface area contributed by atoms with E-state index in [0.717, 1.165) is 0 Å². The van der Waals surface area contributed by atoms with E-state index in [1.54, 1.807) is 25.3 Å². The predicted molar refractivity (Wildman–Crippen MR) is 112 cm³/mol. The molecule has 0 aromatic heterocycles. The Bertz CT molecular complexity index is 665. The van der Waals surface area contributed by atoms with Crippen LogP contribution in [0.15, 0.2) is 23.2 Å². The summed E-state index contributed by atoms with van der Waals surface area (Å²) in [5.41, 5.74) is 0.648. The van der Waals surface area contributed by atoms with Crippen LogP contribution in [0.1, 0.15) is 25.8 Å². The monoisotopic (exact) mass is 485 g/mol. The Kier molecular flexibility index (Phi) is 10.8. The number of ether oxygens (including phenoxy) is 1. The molecule has 1 aromatic rings. The average Bonchev–Trinajstić information content (AvgIpc) is 2.51. The van der Waals surface area contributed by atoms with E-state index in [4.69, 9.17) is 4.74 Å². The molecule has 0 fully saturated rings. The van der Waals surface area contributed by atoms with Gasteiger partial charge in [-0.3, -0.25) is 0 Å². The summed E-state index contributed by atoms with van der Waals surface area (Å²) in [5.74, 6) is 1.50. The molecule has 25 heavy (non-hydrogen) atoms. The molecule has 0 bridgehead atoms. The summed E-state index contributed by atoms with van der Waals surface area (Å²) in [6, 6.07) is 4.93. The number of aromatic hydroxyl groups is 1. The van der Waals surface area contributed by atoms with Crippen molar-refractivity contribution >= 4 is 39.8 Å². The molecular weight excluding hydrogens is 457 g/mol. The number of sulfone groups is 1. The lowest BCUT2D eigenvalue weighted by molar-refractivity contribution is 0.411. The molecular formula is C16H28IN3O4S. The van der Waals surface area contributed by atoms with Crippen molar-refractivity contribution < 1.29 is 18.3 Å². The van der Waals surface area contributed by atoms with Gasteiger partial charge in [0.2, 0.25) is 0 Å². The highest BCUT2D eigenvalue weighted by Crippen LogP contribution is 2.23. The molecule has 7 nitrogen and oxygen atoms in total. The van der Waals surface area contributed by atoms with Crippen molar-refractivity contribution in [1.29, 1.82) is 0 Å². The number of rotatable bonds is 8. The van der Waals surface area contributed by atoms with E-state index >= 15 is 0 Å². The molecule has 1 rings (SSSR count). The molecule has 0 saturated heterocycles. The predicted octanol–water partition coefficient (Wildman–Crippen LogP) is 1.90. The van der Waals surface area contributed by atoms with Gasteiger partial charge < -0.3 is 20.5 Å². The second-order valence-electron chi connectivity index (χ2n) is 5.65. The van der Waals surface area contributed by atoms with Crippen LogP contribution in [0, 0.1) is 0 Å². The SMILES string of the molecule is CCNC(=NCc1cc(OC)ccc1O)NC(C)CCS(C)(=O)=O.I. The van der Waals surface area contributed by atoms with Gasteiger partial charge in [-0.15, -0.1) is 24.0 Å². The van der Waals surface area contributed by atoms with Crippen molar-refractivity contribution in [3.05, 3.63) is 23.8 Å². The lowest BCUT2D eigenvalue weighted by Crippen LogP contribution is -2.42. The minimum atomic E-state index is -2.98. The number of hydrogen-bond acceptors (Lipinski definition) is 5. The number of hydrogen-bond donors (Lipinski definition) is 3. The number of phenolic OH excluding ortho intramolecular Hbond substituents is 1. The fourth-order valence-corrected chi connectivity index (χ4v) is 2.78. The van der Waals surface area contributed by atoms with Crippen LogP contribution in [0.4, 0.5) is 0 Å². The molecule has 1 unspecified atom stereocenters. The Morgan fingerprint density at radius 1 is 1.40 bits per heavy atom. The van der Waals surface area contributed by atoms with Crippen LogP contribution < -0.4 is 15.4 Å². The normalized spacial score (nSPS) is 12.9. The van der Waals surface area contributed by atoms with Gasteiger partial charge in [0.15, 0.2) is 5.96 Å². The van der Waals surface area contributed by atoms with Gasteiger partial charge in [0.05, 0.1) is 19.4 Å². The van der Waals surface area contributed by atoms with Crippen molar-refractivity contribution in [3.63, 3.8) is 0 Å². The molecule has 0 aliphatic carbocycles. The summed E-state index contributed by atoms with van der Waals surface area (Å²) >= 11 is 0. The van der Waals surface area contributed by atoms with Crippen molar-refractivity contribution in [1.82, 2.24) is 10.6 Å². The van der Waals surface area contributed by atoms with E-state index in [0.29, 0.717) is 30.2 Å². The lowest BCUT2D eigenvalue weighted by atomic mass is 10.2. The van der Waals surface area contributed by atoms with Crippen LogP contribution in [0.25, 0.3) is 0 Å². The minimum Gasteiger partial charge on any atom is -0.508 e. The average molecular weight is 485 g/mol. The Balaban J connectivity index is 0.00000576. The summed E-state index contributed by atoms with van der Waals surface area (Å²) in [6.07, 6.45) is 1.72. The third-order valence-electron chi connectivity index (χ3n) is 3.34. The van der Waals surface area contributed by atoms with Gasteiger partial charge in [0, 0.05) is 24.4 Å². The molecule has 3 N–H and O–H groups in total. The fraction of sp³-hybridized carbons (Fsp3) is 0.562. The largest absolute Gasteiger partial charge is 0.508 e. The zero-order chi connectivity index (χ0) is 18.2. The Labute approximate surface area is 167 Å². The van der Waals surface area contributed by atoms with Crippen molar-refractivity contribution in [2.75, 3.05) is 25.7 Å². The number of nitrogens with zero attached hydrogens (tertiary/aromatic N) is 1. The summed E-state index contributed by atoms with van der Waals surface area (Å²) in [4.78, 5) is 4.43. The first-order chi connectivity index (χ1) is 11.2. The molecule has 0 aliphatic rings. The number of aliphatic imine (C=N–C) groups is 1. The van der Waals surface area contributed by atoms with E-state index in [1.165, 1.54) is 6.26 Å². The maximum absolute atomic E-state index is 11.2. The van der Waals surface area contributed by atoms with Gasteiger partial charge in [-0.2, -0.15) is 0 Å². The van der Waals surface area contributed by atoms with E-state index in [2.05, 4.69) is 15.6 Å². The summed E-state index contributed by atoms with van der Waals surface area (Å²) in [7, 11) is -1.42. The van der Waals surface area contributed by atoms with E-state index in [1.807, 2.05) is 13.8 Å². The van der Waals surface area contributed by atoms with Crippen molar-refractivity contribution in [2.45, 2.75) is 32.9 Å². The first-order valence-electron chi connectivity index (χ1n) is 7.83. The van der Waals surface area contributed by atoms with Crippen LogP contribution in [0.2, 0.25) is 0 Å². The second-order valence-corrected chi connectivity index (χ2v) is 7.91. The molecule has 0 saturated carbocycles. The number of halogens is 1. The molecule has 9 heteroatoms. The topological polar surface area (TPSA) is 100 Å². The van der Waals surface area contributed by atoms with Crippen LogP contribution in [-0.2, 0) is 16.4 Å². The summed E-state index contributed by atoms with van der Waals surface area (Å²) in [5, 5.41) is 16.2. The molecule has 144 valence electrons. The van der Waals surface area contributed by atoms with Crippen LogP contribution in [-0.4, -0.2) is 51.2 Å². The van der Waals surface area contributed by atoms with Gasteiger partial charge in [-0.1, -0.05) is 0 Å². The highest BCUT2D eigenvalue weighted by Gasteiger charge is 2.10. The lowest BCUT2D eigenvalue weighted by Gasteiger charge is -2.17. The smallest absolute Gasteiger partial charge is 0.191 e. The molecule has 1 atom stereocenters.